The van der Waals surface area contributed by atoms with Crippen LogP contribution in [0.15, 0.2) is 48.5 Å². The number of rotatable bonds is 5. The highest BCUT2D eigenvalue weighted by Gasteiger charge is 2.31. The van der Waals surface area contributed by atoms with E-state index < -0.39 is 0 Å². The number of aromatic amines is 1. The van der Waals surface area contributed by atoms with E-state index in [0.29, 0.717) is 36.6 Å². The molecule has 7 nitrogen and oxygen atoms in total. The number of carbonyl (C=O) groups excluding carboxylic acids is 3. The maximum Gasteiger partial charge on any atom is 0.267 e. The van der Waals surface area contributed by atoms with Crippen molar-refractivity contribution in [1.29, 1.82) is 0 Å². The largest absolute Gasteiger partial charge is 0.350 e. The Morgan fingerprint density at radius 3 is 2.52 bits per heavy atom. The normalized spacial score (nSPS) is 18.9. The van der Waals surface area contributed by atoms with E-state index in [1.807, 2.05) is 35.2 Å². The van der Waals surface area contributed by atoms with Crippen molar-refractivity contribution in [3.05, 3.63) is 59.2 Å². The zero-order valence-corrected chi connectivity index (χ0v) is 18.9. The van der Waals surface area contributed by atoms with E-state index in [9.17, 15) is 14.4 Å². The molecule has 3 amide bonds. The maximum absolute atomic E-state index is 12.6. The number of H-pyrrole nitrogens is 1. The number of nitrogens with zero attached hydrogens (tertiary/aromatic N) is 2. The number of halogens is 1. The topological polar surface area (TPSA) is 85.5 Å². The Hall–Kier alpha value is -3.32. The van der Waals surface area contributed by atoms with Crippen molar-refractivity contribution >= 4 is 51.6 Å². The van der Waals surface area contributed by atoms with Crippen molar-refractivity contribution in [1.82, 2.24) is 10.3 Å². The van der Waals surface area contributed by atoms with Gasteiger partial charge in [0.05, 0.1) is 0 Å². The van der Waals surface area contributed by atoms with Crippen LogP contribution in [0.5, 0.6) is 0 Å². The predicted octanol–water partition coefficient (Wildman–Crippen LogP) is 4.12. The molecule has 0 aliphatic carbocycles. The molecule has 1 atom stereocenters. The smallest absolute Gasteiger partial charge is 0.267 e. The lowest BCUT2D eigenvalue weighted by Gasteiger charge is -2.27. The minimum atomic E-state index is -0.205. The zero-order valence-electron chi connectivity index (χ0n) is 18.1. The second-order valence-electron chi connectivity index (χ2n) is 8.72. The summed E-state index contributed by atoms with van der Waals surface area (Å²) in [4.78, 5) is 44.0. The van der Waals surface area contributed by atoms with E-state index >= 15 is 0 Å². The van der Waals surface area contributed by atoms with Crippen LogP contribution in [-0.4, -0.2) is 42.3 Å². The summed E-state index contributed by atoms with van der Waals surface area (Å²) in [5, 5.41) is 4.47. The number of hydrogen-bond donors (Lipinski definition) is 2. The first kappa shape index (κ1) is 21.5. The number of aromatic nitrogens is 1. The molecule has 0 saturated carbocycles. The number of fused-ring (bicyclic) bond motifs is 1. The standard InChI is InChI=1S/C25H25ClN4O3/c26-18-5-4-17-12-22(28-21(17)13-18)25(33)27-14-16-11-24(32)30(15-16)20-8-6-19(7-9-20)29-10-2-1-3-23(29)31/h4-9,12-13,16,28H,1-3,10-11,14-15H2,(H,27,33). The molecule has 5 rings (SSSR count). The summed E-state index contributed by atoms with van der Waals surface area (Å²) >= 11 is 6.01. The van der Waals surface area contributed by atoms with E-state index in [0.717, 1.165) is 41.7 Å². The molecule has 8 heteroatoms. The van der Waals surface area contributed by atoms with Gasteiger partial charge >= 0.3 is 0 Å². The van der Waals surface area contributed by atoms with Gasteiger partial charge in [0.25, 0.3) is 5.91 Å². The van der Waals surface area contributed by atoms with E-state index in [-0.39, 0.29) is 23.6 Å². The van der Waals surface area contributed by atoms with Gasteiger partial charge in [-0.25, -0.2) is 0 Å². The molecule has 2 fully saturated rings. The minimum Gasteiger partial charge on any atom is -0.350 e. The Balaban J connectivity index is 1.19. The highest BCUT2D eigenvalue weighted by atomic mass is 35.5. The van der Waals surface area contributed by atoms with Crippen molar-refractivity contribution in [3.8, 4) is 0 Å². The summed E-state index contributed by atoms with van der Waals surface area (Å²) < 4.78 is 0. The Labute approximate surface area is 196 Å². The van der Waals surface area contributed by atoms with E-state index in [1.165, 1.54) is 0 Å². The van der Waals surface area contributed by atoms with E-state index in [2.05, 4.69) is 10.3 Å². The highest BCUT2D eigenvalue weighted by Crippen LogP contribution is 2.28. The molecule has 0 bridgehead atoms. The van der Waals surface area contributed by atoms with Gasteiger partial charge in [0, 0.05) is 65.7 Å². The number of anilines is 2. The van der Waals surface area contributed by atoms with Gasteiger partial charge in [0.2, 0.25) is 11.8 Å². The summed E-state index contributed by atoms with van der Waals surface area (Å²) in [6.07, 6.45) is 2.93. The van der Waals surface area contributed by atoms with Crippen molar-refractivity contribution < 1.29 is 14.4 Å². The number of piperidine rings is 1. The van der Waals surface area contributed by atoms with Gasteiger partial charge in [-0.1, -0.05) is 17.7 Å². The molecule has 2 N–H and O–H groups in total. The molecule has 2 aromatic carbocycles. The summed E-state index contributed by atoms with van der Waals surface area (Å²) in [6, 6.07) is 14.8. The summed E-state index contributed by atoms with van der Waals surface area (Å²) in [7, 11) is 0. The van der Waals surface area contributed by atoms with Crippen molar-refractivity contribution in [2.24, 2.45) is 5.92 Å². The first-order chi connectivity index (χ1) is 16.0. The third kappa shape index (κ3) is 4.46. The van der Waals surface area contributed by atoms with Gasteiger partial charge in [0.15, 0.2) is 0 Å². The van der Waals surface area contributed by atoms with Crippen LogP contribution in [0.4, 0.5) is 11.4 Å². The molecular formula is C25H25ClN4O3. The SMILES string of the molecule is O=C(NCC1CC(=O)N(c2ccc(N3CCCCC3=O)cc2)C1)c1cc2ccc(Cl)cc2[nH]1. The number of benzene rings is 2. The number of carbonyl (C=O) groups is 3. The van der Waals surface area contributed by atoms with Crippen molar-refractivity contribution in [2.75, 3.05) is 29.4 Å². The Morgan fingerprint density at radius 2 is 1.76 bits per heavy atom. The fourth-order valence-electron chi connectivity index (χ4n) is 4.61. The van der Waals surface area contributed by atoms with Crippen LogP contribution in [0.25, 0.3) is 10.9 Å². The summed E-state index contributed by atoms with van der Waals surface area (Å²) in [5.74, 6) is 0.0174. The molecular weight excluding hydrogens is 440 g/mol. The fourth-order valence-corrected chi connectivity index (χ4v) is 4.79. The Kier molecular flexibility index (Phi) is 5.81. The number of hydrogen-bond acceptors (Lipinski definition) is 3. The quantitative estimate of drug-likeness (QED) is 0.595. The molecule has 33 heavy (non-hydrogen) atoms. The van der Waals surface area contributed by atoms with Gasteiger partial charge in [-0.05, 0) is 55.3 Å². The van der Waals surface area contributed by atoms with E-state index in [4.69, 9.17) is 11.6 Å². The monoisotopic (exact) mass is 464 g/mol. The third-order valence-electron chi connectivity index (χ3n) is 6.38. The van der Waals surface area contributed by atoms with Gasteiger partial charge < -0.3 is 20.1 Å². The Bertz CT molecular complexity index is 1220. The van der Waals surface area contributed by atoms with Gasteiger partial charge in [-0.2, -0.15) is 0 Å². The lowest BCUT2D eigenvalue weighted by molar-refractivity contribution is -0.119. The van der Waals surface area contributed by atoms with Crippen LogP contribution in [0.3, 0.4) is 0 Å². The van der Waals surface area contributed by atoms with Gasteiger partial charge in [0.1, 0.15) is 5.69 Å². The minimum absolute atomic E-state index is 0.0311. The molecule has 0 radical (unpaired) electrons. The predicted molar refractivity (Wildman–Crippen MR) is 129 cm³/mol. The van der Waals surface area contributed by atoms with Gasteiger partial charge in [-0.15, -0.1) is 0 Å². The first-order valence-corrected chi connectivity index (χ1v) is 11.6. The van der Waals surface area contributed by atoms with Crippen molar-refractivity contribution in [3.63, 3.8) is 0 Å². The third-order valence-corrected chi connectivity index (χ3v) is 6.62. The summed E-state index contributed by atoms with van der Waals surface area (Å²) in [6.45, 7) is 1.70. The average Bonchev–Trinajstić information content (AvgIpc) is 3.41. The van der Waals surface area contributed by atoms with Crippen LogP contribution in [0, 0.1) is 5.92 Å². The highest BCUT2D eigenvalue weighted by molar-refractivity contribution is 6.31. The van der Waals surface area contributed by atoms with Gasteiger partial charge in [-0.3, -0.25) is 14.4 Å². The molecule has 1 unspecified atom stereocenters. The molecule has 2 aliphatic heterocycles. The molecule has 1 aromatic heterocycles. The molecule has 2 aliphatic rings. The second kappa shape index (κ2) is 8.90. The molecule has 0 spiro atoms. The zero-order chi connectivity index (χ0) is 22.9. The average molecular weight is 465 g/mol. The molecule has 3 aromatic rings. The second-order valence-corrected chi connectivity index (χ2v) is 9.15. The Morgan fingerprint density at radius 1 is 1.00 bits per heavy atom. The van der Waals surface area contributed by atoms with Crippen LogP contribution >= 0.6 is 11.6 Å². The fraction of sp³-hybridized carbons (Fsp3) is 0.320. The molecule has 3 heterocycles. The number of nitrogens with one attached hydrogen (secondary N) is 2. The molecule has 2 saturated heterocycles. The lowest BCUT2D eigenvalue weighted by atomic mass is 10.1. The first-order valence-electron chi connectivity index (χ1n) is 11.3. The van der Waals surface area contributed by atoms with Crippen LogP contribution in [0.2, 0.25) is 5.02 Å². The summed E-state index contributed by atoms with van der Waals surface area (Å²) in [5.41, 5.74) is 2.97. The maximum atomic E-state index is 12.6. The van der Waals surface area contributed by atoms with E-state index in [1.54, 1.807) is 23.1 Å². The molecule has 170 valence electrons. The van der Waals surface area contributed by atoms with Crippen molar-refractivity contribution in [2.45, 2.75) is 25.7 Å². The lowest BCUT2D eigenvalue weighted by Crippen LogP contribution is -2.35. The number of amides is 3. The van der Waals surface area contributed by atoms with Crippen LogP contribution in [-0.2, 0) is 9.59 Å². The van der Waals surface area contributed by atoms with Crippen LogP contribution in [0.1, 0.15) is 36.2 Å². The van der Waals surface area contributed by atoms with Crippen LogP contribution < -0.4 is 15.1 Å².